The van der Waals surface area contributed by atoms with Crippen molar-refractivity contribution in [2.24, 2.45) is 5.41 Å². The maximum absolute atomic E-state index is 11.7. The highest BCUT2D eigenvalue weighted by molar-refractivity contribution is 5.96. The highest BCUT2D eigenvalue weighted by atomic mass is 16.1. The SMILES string of the molecule is CCNC(=O)c1ccc(NCC2(C)CCC2)c(N)c1. The van der Waals surface area contributed by atoms with Crippen LogP contribution < -0.4 is 16.4 Å². The van der Waals surface area contributed by atoms with Gasteiger partial charge in [0.05, 0.1) is 11.4 Å². The molecule has 2 rings (SSSR count). The molecule has 4 heteroatoms. The van der Waals surface area contributed by atoms with E-state index in [1.165, 1.54) is 19.3 Å². The molecule has 1 aromatic carbocycles. The van der Waals surface area contributed by atoms with Crippen LogP contribution in [0, 0.1) is 5.41 Å². The Kier molecular flexibility index (Phi) is 3.98. The number of hydrogen-bond donors (Lipinski definition) is 3. The van der Waals surface area contributed by atoms with Crippen LogP contribution in [0.1, 0.15) is 43.5 Å². The van der Waals surface area contributed by atoms with E-state index in [2.05, 4.69) is 17.6 Å². The molecule has 0 saturated heterocycles. The Morgan fingerprint density at radius 3 is 2.68 bits per heavy atom. The van der Waals surface area contributed by atoms with Gasteiger partial charge in [-0.3, -0.25) is 4.79 Å². The minimum Gasteiger partial charge on any atom is -0.397 e. The summed E-state index contributed by atoms with van der Waals surface area (Å²) in [5, 5.41) is 6.16. The number of benzene rings is 1. The first-order valence-corrected chi connectivity index (χ1v) is 6.96. The van der Waals surface area contributed by atoms with Gasteiger partial charge in [-0.15, -0.1) is 0 Å². The monoisotopic (exact) mass is 261 g/mol. The van der Waals surface area contributed by atoms with Gasteiger partial charge < -0.3 is 16.4 Å². The minimum atomic E-state index is -0.0771. The molecule has 1 aliphatic carbocycles. The van der Waals surface area contributed by atoms with Crippen molar-refractivity contribution >= 4 is 17.3 Å². The Labute approximate surface area is 114 Å². The van der Waals surface area contributed by atoms with E-state index >= 15 is 0 Å². The van der Waals surface area contributed by atoms with Crippen molar-refractivity contribution in [2.75, 3.05) is 24.1 Å². The van der Waals surface area contributed by atoms with Gasteiger partial charge in [0.1, 0.15) is 0 Å². The lowest BCUT2D eigenvalue weighted by molar-refractivity contribution is 0.0956. The lowest BCUT2D eigenvalue weighted by atomic mass is 9.70. The van der Waals surface area contributed by atoms with Gasteiger partial charge in [0.2, 0.25) is 0 Å². The minimum absolute atomic E-state index is 0.0771. The smallest absolute Gasteiger partial charge is 0.251 e. The first kappa shape index (κ1) is 13.7. The Bertz CT molecular complexity index is 466. The number of nitrogen functional groups attached to an aromatic ring is 1. The molecule has 0 aliphatic heterocycles. The average molecular weight is 261 g/mol. The zero-order valence-corrected chi connectivity index (χ0v) is 11.8. The lowest BCUT2D eigenvalue weighted by Crippen LogP contribution is -2.33. The average Bonchev–Trinajstić information content (AvgIpc) is 2.35. The Hall–Kier alpha value is -1.71. The van der Waals surface area contributed by atoms with Crippen LogP contribution in [0.2, 0.25) is 0 Å². The quantitative estimate of drug-likeness (QED) is 0.714. The van der Waals surface area contributed by atoms with Crippen LogP contribution in [0.25, 0.3) is 0 Å². The van der Waals surface area contributed by atoms with Crippen molar-refractivity contribution in [3.8, 4) is 0 Å². The number of nitrogens with two attached hydrogens (primary N) is 1. The maximum atomic E-state index is 11.7. The van der Waals surface area contributed by atoms with E-state index in [1.54, 1.807) is 6.07 Å². The van der Waals surface area contributed by atoms with Crippen LogP contribution >= 0.6 is 0 Å². The zero-order valence-electron chi connectivity index (χ0n) is 11.8. The molecule has 0 bridgehead atoms. The molecule has 19 heavy (non-hydrogen) atoms. The Morgan fingerprint density at radius 1 is 1.42 bits per heavy atom. The highest BCUT2D eigenvalue weighted by Gasteiger charge is 2.31. The van der Waals surface area contributed by atoms with Crippen LogP contribution in [0.3, 0.4) is 0 Å². The van der Waals surface area contributed by atoms with Gasteiger partial charge >= 0.3 is 0 Å². The second-order valence-corrected chi connectivity index (χ2v) is 5.68. The van der Waals surface area contributed by atoms with Gasteiger partial charge in [0.15, 0.2) is 0 Å². The van der Waals surface area contributed by atoms with Crippen molar-refractivity contribution < 1.29 is 4.79 Å². The van der Waals surface area contributed by atoms with Crippen LogP contribution in [-0.2, 0) is 0 Å². The van der Waals surface area contributed by atoms with Gasteiger partial charge in [0.25, 0.3) is 5.91 Å². The third kappa shape index (κ3) is 3.19. The summed E-state index contributed by atoms with van der Waals surface area (Å²) < 4.78 is 0. The summed E-state index contributed by atoms with van der Waals surface area (Å²) in [7, 11) is 0. The van der Waals surface area contributed by atoms with Crippen LogP contribution in [0.5, 0.6) is 0 Å². The Balaban J connectivity index is 2.00. The molecule has 0 unspecified atom stereocenters. The van der Waals surface area contributed by atoms with Crippen LogP contribution in [0.4, 0.5) is 11.4 Å². The van der Waals surface area contributed by atoms with Gasteiger partial charge in [0, 0.05) is 18.7 Å². The summed E-state index contributed by atoms with van der Waals surface area (Å²) in [4.78, 5) is 11.7. The molecule has 1 aromatic rings. The molecule has 4 N–H and O–H groups in total. The summed E-state index contributed by atoms with van der Waals surface area (Å²) in [5.41, 5.74) is 8.57. The van der Waals surface area contributed by atoms with E-state index in [1.807, 2.05) is 19.1 Å². The molecule has 1 saturated carbocycles. The van der Waals surface area contributed by atoms with E-state index in [0.29, 0.717) is 23.2 Å². The standard InChI is InChI=1S/C15H23N3O/c1-3-17-14(19)11-5-6-13(12(16)9-11)18-10-15(2)7-4-8-15/h5-6,9,18H,3-4,7-8,10,16H2,1-2H3,(H,17,19). The fourth-order valence-corrected chi connectivity index (χ4v) is 2.39. The van der Waals surface area contributed by atoms with Gasteiger partial charge in [-0.25, -0.2) is 0 Å². The summed E-state index contributed by atoms with van der Waals surface area (Å²) in [5.74, 6) is -0.0771. The summed E-state index contributed by atoms with van der Waals surface area (Å²) in [6, 6.07) is 5.44. The van der Waals surface area contributed by atoms with E-state index in [9.17, 15) is 4.79 Å². The number of carbonyl (C=O) groups excluding carboxylic acids is 1. The normalized spacial score (nSPS) is 16.5. The second-order valence-electron chi connectivity index (χ2n) is 5.68. The van der Waals surface area contributed by atoms with Crippen molar-refractivity contribution in [1.29, 1.82) is 0 Å². The third-order valence-electron chi connectivity index (χ3n) is 3.92. The van der Waals surface area contributed by atoms with Crippen molar-refractivity contribution in [3.05, 3.63) is 23.8 Å². The molecule has 104 valence electrons. The predicted molar refractivity (Wildman–Crippen MR) is 79.3 cm³/mol. The number of hydrogen-bond acceptors (Lipinski definition) is 3. The summed E-state index contributed by atoms with van der Waals surface area (Å²) >= 11 is 0. The maximum Gasteiger partial charge on any atom is 0.251 e. The number of rotatable bonds is 5. The molecule has 4 nitrogen and oxygen atoms in total. The molecule has 0 radical (unpaired) electrons. The molecule has 1 amide bonds. The van der Waals surface area contributed by atoms with Gasteiger partial charge in [-0.05, 0) is 43.4 Å². The van der Waals surface area contributed by atoms with Crippen molar-refractivity contribution in [1.82, 2.24) is 5.32 Å². The molecule has 1 fully saturated rings. The largest absolute Gasteiger partial charge is 0.397 e. The number of anilines is 2. The number of nitrogens with one attached hydrogen (secondary N) is 2. The van der Waals surface area contributed by atoms with E-state index in [-0.39, 0.29) is 5.91 Å². The lowest BCUT2D eigenvalue weighted by Gasteiger charge is -2.38. The zero-order chi connectivity index (χ0) is 13.9. The fraction of sp³-hybridized carbons (Fsp3) is 0.533. The highest BCUT2D eigenvalue weighted by Crippen LogP contribution is 2.40. The molecule has 0 spiro atoms. The van der Waals surface area contributed by atoms with Crippen molar-refractivity contribution in [3.63, 3.8) is 0 Å². The van der Waals surface area contributed by atoms with Crippen molar-refractivity contribution in [2.45, 2.75) is 33.1 Å². The molecule has 0 heterocycles. The van der Waals surface area contributed by atoms with Gasteiger partial charge in [-0.2, -0.15) is 0 Å². The first-order valence-electron chi connectivity index (χ1n) is 6.96. The van der Waals surface area contributed by atoms with E-state index in [4.69, 9.17) is 5.73 Å². The first-order chi connectivity index (χ1) is 9.04. The van der Waals surface area contributed by atoms with Crippen LogP contribution in [-0.4, -0.2) is 19.0 Å². The molecule has 0 atom stereocenters. The molecule has 1 aliphatic rings. The van der Waals surface area contributed by atoms with Crippen LogP contribution in [0.15, 0.2) is 18.2 Å². The number of amides is 1. The topological polar surface area (TPSA) is 67.2 Å². The van der Waals surface area contributed by atoms with E-state index in [0.717, 1.165) is 12.2 Å². The molecular formula is C15H23N3O. The Morgan fingerprint density at radius 2 is 2.16 bits per heavy atom. The fourth-order valence-electron chi connectivity index (χ4n) is 2.39. The van der Waals surface area contributed by atoms with Gasteiger partial charge in [-0.1, -0.05) is 13.3 Å². The third-order valence-corrected chi connectivity index (χ3v) is 3.92. The summed E-state index contributed by atoms with van der Waals surface area (Å²) in [6.45, 7) is 5.76. The predicted octanol–water partition coefficient (Wildman–Crippen LogP) is 2.62. The molecular weight excluding hydrogens is 238 g/mol. The number of carbonyl (C=O) groups is 1. The molecule has 0 aromatic heterocycles. The van der Waals surface area contributed by atoms with E-state index < -0.39 is 0 Å². The second kappa shape index (κ2) is 5.51. The summed E-state index contributed by atoms with van der Waals surface area (Å²) in [6.07, 6.45) is 3.87.